The highest BCUT2D eigenvalue weighted by Crippen LogP contribution is 2.28. The minimum Gasteiger partial charge on any atom is -0.493 e. The zero-order chi connectivity index (χ0) is 25.5. The zero-order valence-corrected chi connectivity index (χ0v) is 20.2. The van der Waals surface area contributed by atoms with Crippen molar-refractivity contribution in [2.24, 2.45) is 10.2 Å². The molecular formula is C24H30N4O7. The molecule has 35 heavy (non-hydrogen) atoms. The molecule has 2 aromatic rings. The van der Waals surface area contributed by atoms with E-state index < -0.39 is 11.8 Å². The Labute approximate surface area is 204 Å². The number of methoxy groups -OCH3 is 2. The van der Waals surface area contributed by atoms with Gasteiger partial charge in [-0.1, -0.05) is 0 Å². The predicted molar refractivity (Wildman–Crippen MR) is 131 cm³/mol. The first kappa shape index (κ1) is 27.1. The number of hydrazone groups is 2. The van der Waals surface area contributed by atoms with E-state index in [9.17, 15) is 9.59 Å². The quantitative estimate of drug-likeness (QED) is 0.309. The van der Waals surface area contributed by atoms with Gasteiger partial charge in [0.25, 0.3) is 11.8 Å². The normalized spacial score (nSPS) is 10.9. The summed E-state index contributed by atoms with van der Waals surface area (Å²) in [4.78, 5) is 23.7. The average Bonchev–Trinajstić information content (AvgIpc) is 2.86. The number of benzene rings is 2. The molecule has 0 aromatic heterocycles. The van der Waals surface area contributed by atoms with Crippen molar-refractivity contribution in [2.75, 3.05) is 40.6 Å². The largest absolute Gasteiger partial charge is 0.493 e. The van der Waals surface area contributed by atoms with Gasteiger partial charge in [-0.05, 0) is 61.4 Å². The van der Waals surface area contributed by atoms with Gasteiger partial charge in [-0.15, -0.1) is 0 Å². The van der Waals surface area contributed by atoms with Crippen molar-refractivity contribution in [3.8, 4) is 23.0 Å². The number of hydrogen-bond acceptors (Lipinski definition) is 9. The Bertz CT molecular complexity index is 959. The molecule has 2 amide bonds. The molecule has 0 atom stereocenters. The molecule has 0 saturated carbocycles. The van der Waals surface area contributed by atoms with E-state index in [1.807, 2.05) is 13.8 Å². The van der Waals surface area contributed by atoms with E-state index in [-0.39, 0.29) is 13.2 Å². The van der Waals surface area contributed by atoms with Crippen LogP contribution in [0.15, 0.2) is 46.6 Å². The van der Waals surface area contributed by atoms with E-state index in [4.69, 9.17) is 23.7 Å². The van der Waals surface area contributed by atoms with Crippen molar-refractivity contribution in [2.45, 2.75) is 13.8 Å². The third kappa shape index (κ3) is 9.33. The van der Waals surface area contributed by atoms with Crippen LogP contribution < -0.4 is 29.8 Å². The Morgan fingerprint density at radius 1 is 0.743 bits per heavy atom. The highest BCUT2D eigenvalue weighted by Gasteiger charge is 2.07. The van der Waals surface area contributed by atoms with E-state index in [0.29, 0.717) is 47.3 Å². The van der Waals surface area contributed by atoms with Gasteiger partial charge in [-0.25, -0.2) is 10.9 Å². The fourth-order valence-electron chi connectivity index (χ4n) is 2.74. The summed E-state index contributed by atoms with van der Waals surface area (Å²) in [5, 5.41) is 7.72. The van der Waals surface area contributed by atoms with Crippen LogP contribution in [0, 0.1) is 0 Å². The van der Waals surface area contributed by atoms with Gasteiger partial charge in [0.05, 0.1) is 39.9 Å². The predicted octanol–water partition coefficient (Wildman–Crippen LogP) is 2.12. The second-order valence-corrected chi connectivity index (χ2v) is 6.77. The van der Waals surface area contributed by atoms with Crippen LogP contribution in [0.25, 0.3) is 0 Å². The monoisotopic (exact) mass is 486 g/mol. The molecule has 2 aromatic carbocycles. The Kier molecular flexibility index (Phi) is 11.6. The van der Waals surface area contributed by atoms with E-state index in [2.05, 4.69) is 21.1 Å². The topological polar surface area (TPSA) is 129 Å². The summed E-state index contributed by atoms with van der Waals surface area (Å²) < 4.78 is 26.5. The number of nitrogens with one attached hydrogen (secondary N) is 2. The maximum Gasteiger partial charge on any atom is 0.266 e. The molecule has 0 unspecified atom stereocenters. The molecule has 0 fully saturated rings. The number of amides is 2. The number of carbonyl (C=O) groups excluding carboxylic acids is 2. The minimum atomic E-state index is -0.517. The van der Waals surface area contributed by atoms with Crippen LogP contribution in [0.2, 0.25) is 0 Å². The first-order chi connectivity index (χ1) is 17.0. The van der Waals surface area contributed by atoms with Crippen LogP contribution in [-0.2, 0) is 14.3 Å². The van der Waals surface area contributed by atoms with Gasteiger partial charge in [0, 0.05) is 0 Å². The summed E-state index contributed by atoms with van der Waals surface area (Å²) in [5.41, 5.74) is 6.05. The van der Waals surface area contributed by atoms with Gasteiger partial charge in [0.2, 0.25) is 0 Å². The van der Waals surface area contributed by atoms with Crippen molar-refractivity contribution in [1.29, 1.82) is 0 Å². The molecule has 11 heteroatoms. The molecule has 0 heterocycles. The maximum absolute atomic E-state index is 11.8. The molecule has 0 aliphatic rings. The van der Waals surface area contributed by atoms with Crippen molar-refractivity contribution in [3.63, 3.8) is 0 Å². The van der Waals surface area contributed by atoms with Crippen LogP contribution >= 0.6 is 0 Å². The van der Waals surface area contributed by atoms with Crippen molar-refractivity contribution < 1.29 is 33.3 Å². The zero-order valence-electron chi connectivity index (χ0n) is 20.2. The molecule has 2 N–H and O–H groups in total. The molecule has 0 radical (unpaired) electrons. The standard InChI is InChI=1S/C24H30N4O7/c1-5-34-19-9-7-17(11-21(19)31-3)13-25-27-23(29)15-33-16-24(30)28-26-14-18-8-10-20(35-6-2)22(12-18)32-4/h7-14H,5-6,15-16H2,1-4H3,(H,27,29)(H,28,30)/b25-13+,26-14+. The van der Waals surface area contributed by atoms with Crippen LogP contribution in [0.1, 0.15) is 25.0 Å². The smallest absolute Gasteiger partial charge is 0.266 e. The lowest BCUT2D eigenvalue weighted by atomic mass is 10.2. The molecule has 0 bridgehead atoms. The van der Waals surface area contributed by atoms with Crippen LogP contribution in [0.4, 0.5) is 0 Å². The number of hydrogen-bond donors (Lipinski definition) is 2. The molecule has 0 saturated heterocycles. The highest BCUT2D eigenvalue weighted by molar-refractivity contribution is 5.85. The Morgan fingerprint density at radius 2 is 1.17 bits per heavy atom. The number of rotatable bonds is 14. The molecule has 11 nitrogen and oxygen atoms in total. The molecule has 0 aliphatic carbocycles. The average molecular weight is 487 g/mol. The Balaban J connectivity index is 1.72. The van der Waals surface area contributed by atoms with Crippen LogP contribution in [0.3, 0.4) is 0 Å². The number of ether oxygens (including phenoxy) is 5. The van der Waals surface area contributed by atoms with Gasteiger partial charge < -0.3 is 23.7 Å². The SMILES string of the molecule is CCOc1ccc(/C=N/NC(=O)COCC(=O)N/N=C/c2ccc(OCC)c(OC)c2)cc1OC. The van der Waals surface area contributed by atoms with Gasteiger partial charge in [0.15, 0.2) is 23.0 Å². The summed E-state index contributed by atoms with van der Waals surface area (Å²) in [6.07, 6.45) is 2.90. The highest BCUT2D eigenvalue weighted by atomic mass is 16.5. The number of nitrogens with zero attached hydrogens (tertiary/aromatic N) is 2. The molecular weight excluding hydrogens is 456 g/mol. The van der Waals surface area contributed by atoms with Crippen molar-refractivity contribution in [1.82, 2.24) is 10.9 Å². The van der Waals surface area contributed by atoms with Gasteiger partial charge in [-0.3, -0.25) is 9.59 Å². The van der Waals surface area contributed by atoms with Crippen LogP contribution in [-0.4, -0.2) is 64.9 Å². The third-order valence-corrected chi connectivity index (χ3v) is 4.25. The van der Waals surface area contributed by atoms with E-state index in [1.54, 1.807) is 36.4 Å². The lowest BCUT2D eigenvalue weighted by Crippen LogP contribution is -2.28. The summed E-state index contributed by atoms with van der Waals surface area (Å²) in [7, 11) is 3.08. The lowest BCUT2D eigenvalue weighted by molar-refractivity contribution is -0.130. The molecule has 2 rings (SSSR count). The summed E-state index contributed by atoms with van der Waals surface area (Å²) in [6, 6.07) is 10.5. The minimum absolute atomic E-state index is 0.350. The molecule has 0 spiro atoms. The van der Waals surface area contributed by atoms with E-state index in [0.717, 1.165) is 0 Å². The fourth-order valence-corrected chi connectivity index (χ4v) is 2.74. The van der Waals surface area contributed by atoms with Gasteiger partial charge in [-0.2, -0.15) is 10.2 Å². The summed E-state index contributed by atoms with van der Waals surface area (Å²) in [5.74, 6) is 1.31. The first-order valence-corrected chi connectivity index (χ1v) is 10.8. The third-order valence-electron chi connectivity index (χ3n) is 4.25. The van der Waals surface area contributed by atoms with Gasteiger partial charge in [0.1, 0.15) is 13.2 Å². The van der Waals surface area contributed by atoms with Crippen molar-refractivity contribution in [3.05, 3.63) is 47.5 Å². The summed E-state index contributed by atoms with van der Waals surface area (Å²) in [6.45, 7) is 4.09. The Hall–Kier alpha value is -4.12. The van der Waals surface area contributed by atoms with E-state index >= 15 is 0 Å². The second-order valence-electron chi connectivity index (χ2n) is 6.77. The molecule has 0 aliphatic heterocycles. The van der Waals surface area contributed by atoms with Crippen molar-refractivity contribution >= 4 is 24.2 Å². The van der Waals surface area contributed by atoms with Gasteiger partial charge >= 0.3 is 0 Å². The second kappa shape index (κ2) is 14.9. The maximum atomic E-state index is 11.8. The summed E-state index contributed by atoms with van der Waals surface area (Å²) >= 11 is 0. The fraction of sp³-hybridized carbons (Fsp3) is 0.333. The number of carbonyl (C=O) groups is 2. The first-order valence-electron chi connectivity index (χ1n) is 10.8. The van der Waals surface area contributed by atoms with E-state index in [1.165, 1.54) is 26.6 Å². The van der Waals surface area contributed by atoms with Crippen LogP contribution in [0.5, 0.6) is 23.0 Å². The lowest BCUT2D eigenvalue weighted by Gasteiger charge is -2.09. The molecule has 188 valence electrons. The Morgan fingerprint density at radius 3 is 1.54 bits per heavy atom.